The Labute approximate surface area is 59.8 Å². The van der Waals surface area contributed by atoms with Gasteiger partial charge in [0.1, 0.15) is 0 Å². The van der Waals surface area contributed by atoms with E-state index in [1.165, 1.54) is 0 Å². The molecule has 1 aromatic rings. The number of aromatic amines is 1. The molecule has 0 aliphatic heterocycles. The molecule has 4 nitrogen and oxygen atoms in total. The van der Waals surface area contributed by atoms with E-state index in [2.05, 4.69) is 4.98 Å². The Balaban J connectivity index is 3.46. The molecular weight excluding hydrogens is 161 g/mol. The molecule has 0 saturated heterocycles. The summed E-state index contributed by atoms with van der Waals surface area (Å²) in [6, 6.07) is 0. The number of nitrogens with zero attached hydrogens (tertiary/aromatic N) is 1. The maximum atomic E-state index is 12.3. The SMILES string of the molecule is Nc1nc(Cl)c(F)c(=O)[nH]1. The van der Waals surface area contributed by atoms with Crippen LogP contribution in [0.1, 0.15) is 0 Å². The van der Waals surface area contributed by atoms with Crippen molar-refractivity contribution in [3.05, 3.63) is 21.3 Å². The van der Waals surface area contributed by atoms with Crippen LogP contribution < -0.4 is 11.3 Å². The van der Waals surface area contributed by atoms with Crippen LogP contribution in [0.5, 0.6) is 0 Å². The van der Waals surface area contributed by atoms with Crippen LogP contribution in [0.4, 0.5) is 10.3 Å². The minimum atomic E-state index is -1.11. The molecule has 0 spiro atoms. The summed E-state index contributed by atoms with van der Waals surface area (Å²) < 4.78 is 12.3. The number of nitrogens with two attached hydrogens (primary N) is 1. The maximum absolute atomic E-state index is 12.3. The topological polar surface area (TPSA) is 71.8 Å². The molecular formula is C4H3ClFN3O. The second-order valence-corrected chi connectivity index (χ2v) is 1.91. The van der Waals surface area contributed by atoms with Gasteiger partial charge >= 0.3 is 0 Å². The van der Waals surface area contributed by atoms with Gasteiger partial charge in [0, 0.05) is 0 Å². The number of nitrogens with one attached hydrogen (secondary N) is 1. The van der Waals surface area contributed by atoms with Crippen molar-refractivity contribution in [1.82, 2.24) is 9.97 Å². The number of anilines is 1. The third-order valence-electron chi connectivity index (χ3n) is 0.841. The molecule has 0 bridgehead atoms. The van der Waals surface area contributed by atoms with Gasteiger partial charge in [-0.25, -0.2) is 0 Å². The lowest BCUT2D eigenvalue weighted by atomic mass is 10.6. The Morgan fingerprint density at radius 1 is 1.70 bits per heavy atom. The van der Waals surface area contributed by atoms with Crippen molar-refractivity contribution >= 4 is 17.5 Å². The van der Waals surface area contributed by atoms with E-state index in [0.717, 1.165) is 0 Å². The van der Waals surface area contributed by atoms with Crippen molar-refractivity contribution in [2.24, 2.45) is 0 Å². The smallest absolute Gasteiger partial charge is 0.289 e. The lowest BCUT2D eigenvalue weighted by Gasteiger charge is -1.92. The van der Waals surface area contributed by atoms with Crippen molar-refractivity contribution < 1.29 is 4.39 Å². The van der Waals surface area contributed by atoms with Crippen LogP contribution >= 0.6 is 11.6 Å². The van der Waals surface area contributed by atoms with Crippen LogP contribution in [-0.2, 0) is 0 Å². The number of hydrogen-bond donors (Lipinski definition) is 2. The fourth-order valence-corrected chi connectivity index (χ4v) is 0.625. The molecule has 0 radical (unpaired) electrons. The predicted molar refractivity (Wildman–Crippen MR) is 34.2 cm³/mol. The molecule has 0 atom stereocenters. The monoisotopic (exact) mass is 163 g/mol. The quantitative estimate of drug-likeness (QED) is 0.535. The van der Waals surface area contributed by atoms with E-state index in [0.29, 0.717) is 0 Å². The van der Waals surface area contributed by atoms with E-state index in [4.69, 9.17) is 17.3 Å². The molecule has 0 fully saturated rings. The first kappa shape index (κ1) is 7.01. The summed E-state index contributed by atoms with van der Waals surface area (Å²) in [6.45, 7) is 0. The molecule has 54 valence electrons. The van der Waals surface area contributed by atoms with E-state index in [-0.39, 0.29) is 5.95 Å². The van der Waals surface area contributed by atoms with Crippen molar-refractivity contribution in [2.45, 2.75) is 0 Å². The Morgan fingerprint density at radius 2 is 2.30 bits per heavy atom. The van der Waals surface area contributed by atoms with Crippen LogP contribution in [0.2, 0.25) is 5.15 Å². The maximum Gasteiger partial charge on any atom is 0.289 e. The van der Waals surface area contributed by atoms with E-state index in [1.807, 2.05) is 4.98 Å². The van der Waals surface area contributed by atoms with Crippen molar-refractivity contribution in [1.29, 1.82) is 0 Å². The summed E-state index contributed by atoms with van der Waals surface area (Å²) in [5, 5.41) is -0.513. The zero-order chi connectivity index (χ0) is 7.72. The van der Waals surface area contributed by atoms with Crippen molar-refractivity contribution in [3.8, 4) is 0 Å². The summed E-state index contributed by atoms with van der Waals surface area (Å²) in [6.07, 6.45) is 0. The molecule has 6 heteroatoms. The lowest BCUT2D eigenvalue weighted by molar-refractivity contribution is 0.602. The first-order valence-corrected chi connectivity index (χ1v) is 2.70. The molecule has 1 rings (SSSR count). The van der Waals surface area contributed by atoms with E-state index in [9.17, 15) is 9.18 Å². The number of halogens is 2. The molecule has 0 unspecified atom stereocenters. The third kappa shape index (κ3) is 1.08. The zero-order valence-electron chi connectivity index (χ0n) is 4.69. The van der Waals surface area contributed by atoms with Crippen LogP contribution in [0.25, 0.3) is 0 Å². The number of nitrogen functional groups attached to an aromatic ring is 1. The number of rotatable bonds is 0. The standard InChI is InChI=1S/C4H3ClFN3O/c5-2-1(6)3(10)9-4(7)8-2/h(H3,7,8,9,10). The highest BCUT2D eigenvalue weighted by Crippen LogP contribution is 2.05. The van der Waals surface area contributed by atoms with Gasteiger partial charge in [-0.2, -0.15) is 9.37 Å². The second kappa shape index (κ2) is 2.26. The number of hydrogen-bond acceptors (Lipinski definition) is 3. The average Bonchev–Trinajstić information content (AvgIpc) is 1.82. The van der Waals surface area contributed by atoms with Crippen LogP contribution in [0.15, 0.2) is 4.79 Å². The normalized spacial score (nSPS) is 9.80. The van der Waals surface area contributed by atoms with Crippen molar-refractivity contribution in [2.75, 3.05) is 5.73 Å². The van der Waals surface area contributed by atoms with Gasteiger partial charge in [0.25, 0.3) is 5.56 Å². The molecule has 0 amide bonds. The highest BCUT2D eigenvalue weighted by molar-refractivity contribution is 6.29. The fraction of sp³-hybridized carbons (Fsp3) is 0. The van der Waals surface area contributed by atoms with Gasteiger partial charge in [-0.1, -0.05) is 11.6 Å². The number of H-pyrrole nitrogens is 1. The van der Waals surface area contributed by atoms with Gasteiger partial charge in [0.2, 0.25) is 11.8 Å². The van der Waals surface area contributed by atoms with Gasteiger partial charge in [-0.15, -0.1) is 0 Å². The Bertz CT molecular complexity index is 310. The highest BCUT2D eigenvalue weighted by atomic mass is 35.5. The fourth-order valence-electron chi connectivity index (χ4n) is 0.448. The zero-order valence-corrected chi connectivity index (χ0v) is 5.44. The van der Waals surface area contributed by atoms with E-state index in [1.54, 1.807) is 0 Å². The Hall–Kier alpha value is -1.10. The summed E-state index contributed by atoms with van der Waals surface area (Å²) >= 11 is 5.13. The molecule has 0 aliphatic rings. The lowest BCUT2D eigenvalue weighted by Crippen LogP contribution is -2.14. The van der Waals surface area contributed by atoms with Gasteiger partial charge in [0.15, 0.2) is 5.15 Å². The molecule has 10 heavy (non-hydrogen) atoms. The molecule has 0 aliphatic carbocycles. The summed E-state index contributed by atoms with van der Waals surface area (Å²) in [5.41, 5.74) is 4.05. The molecule has 0 aromatic carbocycles. The van der Waals surface area contributed by atoms with Crippen LogP contribution in [-0.4, -0.2) is 9.97 Å². The van der Waals surface area contributed by atoms with Gasteiger partial charge in [-0.3, -0.25) is 9.78 Å². The van der Waals surface area contributed by atoms with Gasteiger partial charge in [-0.05, 0) is 0 Å². The van der Waals surface area contributed by atoms with Gasteiger partial charge in [0.05, 0.1) is 0 Å². The summed E-state index contributed by atoms with van der Waals surface area (Å²) in [7, 11) is 0. The third-order valence-corrected chi connectivity index (χ3v) is 1.09. The number of aromatic nitrogens is 2. The summed E-state index contributed by atoms with van der Waals surface area (Å²) in [5.74, 6) is -1.31. The second-order valence-electron chi connectivity index (χ2n) is 1.56. The Kier molecular flexibility index (Phi) is 1.58. The molecule has 3 N–H and O–H groups in total. The van der Waals surface area contributed by atoms with Crippen LogP contribution in [0.3, 0.4) is 0 Å². The van der Waals surface area contributed by atoms with Crippen molar-refractivity contribution in [3.63, 3.8) is 0 Å². The molecule has 1 heterocycles. The Morgan fingerprint density at radius 3 is 2.80 bits per heavy atom. The first-order valence-electron chi connectivity index (χ1n) is 2.32. The van der Waals surface area contributed by atoms with Crippen LogP contribution in [0, 0.1) is 5.82 Å². The van der Waals surface area contributed by atoms with E-state index >= 15 is 0 Å². The first-order chi connectivity index (χ1) is 4.61. The predicted octanol–water partition coefficient (Wildman–Crippen LogP) is 0.145. The summed E-state index contributed by atoms with van der Waals surface area (Å²) in [4.78, 5) is 15.6. The minimum Gasteiger partial charge on any atom is -0.369 e. The highest BCUT2D eigenvalue weighted by Gasteiger charge is 2.05. The average molecular weight is 164 g/mol. The minimum absolute atomic E-state index is 0.198. The van der Waals surface area contributed by atoms with E-state index < -0.39 is 16.5 Å². The molecule has 0 saturated carbocycles. The van der Waals surface area contributed by atoms with Gasteiger partial charge < -0.3 is 5.73 Å². The largest absolute Gasteiger partial charge is 0.369 e. The molecule has 1 aromatic heterocycles.